The van der Waals surface area contributed by atoms with Crippen molar-refractivity contribution < 1.29 is 14.4 Å². The van der Waals surface area contributed by atoms with Gasteiger partial charge in [0.15, 0.2) is 0 Å². The second kappa shape index (κ2) is 9.02. The van der Waals surface area contributed by atoms with Crippen LogP contribution in [0, 0.1) is 12.3 Å². The minimum Gasteiger partial charge on any atom is -0.361 e. The summed E-state index contributed by atoms with van der Waals surface area (Å²) in [7, 11) is 3.47. The summed E-state index contributed by atoms with van der Waals surface area (Å²) in [6.45, 7) is 1.22. The first-order valence-corrected chi connectivity index (χ1v) is 8.50. The number of rotatable bonds is 8. The van der Waals surface area contributed by atoms with E-state index in [1.54, 1.807) is 14.1 Å². The first-order valence-electron chi connectivity index (χ1n) is 8.50. The first kappa shape index (κ1) is 19.5. The van der Waals surface area contributed by atoms with Gasteiger partial charge in [-0.1, -0.05) is 12.1 Å². The van der Waals surface area contributed by atoms with Crippen molar-refractivity contribution in [3.05, 3.63) is 23.8 Å². The highest BCUT2D eigenvalue weighted by molar-refractivity contribution is 6.02. The minimum absolute atomic E-state index is 0.253. The van der Waals surface area contributed by atoms with Gasteiger partial charge >= 0.3 is 0 Å². The standard InChI is InChI=1S/C19H24N4O3/c1-4-5-11-20-12-14-7-6-8-15(18(14)22(2)13-24)23(3)16-9-10-17(25)21-19(16)26/h1,6-8,13,16,20H,5,9-12H2,2-3H3,(H,21,25,26). The number of likely N-dealkylation sites (N-methyl/N-ethyl adjacent to an activating group) is 1. The van der Waals surface area contributed by atoms with Crippen LogP contribution in [0.5, 0.6) is 0 Å². The Hall–Kier alpha value is -2.85. The van der Waals surface area contributed by atoms with Crippen LogP contribution in [0.4, 0.5) is 11.4 Å². The molecule has 0 aliphatic carbocycles. The van der Waals surface area contributed by atoms with Crippen LogP contribution in [0.2, 0.25) is 0 Å². The zero-order valence-corrected chi connectivity index (χ0v) is 15.1. The second-order valence-electron chi connectivity index (χ2n) is 6.21. The van der Waals surface area contributed by atoms with Gasteiger partial charge in [-0.15, -0.1) is 12.3 Å². The Balaban J connectivity index is 2.31. The lowest BCUT2D eigenvalue weighted by Crippen LogP contribution is -2.51. The number of nitrogens with one attached hydrogen (secondary N) is 2. The molecule has 1 aromatic carbocycles. The average molecular weight is 356 g/mol. The van der Waals surface area contributed by atoms with E-state index in [9.17, 15) is 14.4 Å². The molecule has 0 aromatic heterocycles. The third-order valence-corrected chi connectivity index (χ3v) is 4.43. The molecule has 0 radical (unpaired) electrons. The molecule has 2 rings (SSSR count). The number of anilines is 2. The second-order valence-corrected chi connectivity index (χ2v) is 6.21. The van der Waals surface area contributed by atoms with Crippen LogP contribution in [0.25, 0.3) is 0 Å². The summed E-state index contributed by atoms with van der Waals surface area (Å²) in [6.07, 6.45) is 7.36. The molecule has 1 aliphatic rings. The summed E-state index contributed by atoms with van der Waals surface area (Å²) in [4.78, 5) is 38.4. The van der Waals surface area contributed by atoms with Crippen molar-refractivity contribution in [2.75, 3.05) is 30.4 Å². The van der Waals surface area contributed by atoms with Gasteiger partial charge < -0.3 is 15.1 Å². The lowest BCUT2D eigenvalue weighted by molar-refractivity contribution is -0.134. The summed E-state index contributed by atoms with van der Waals surface area (Å²) in [5, 5.41) is 5.63. The smallest absolute Gasteiger partial charge is 0.249 e. The maximum atomic E-state index is 12.2. The molecule has 1 heterocycles. The topological polar surface area (TPSA) is 81.8 Å². The highest BCUT2D eigenvalue weighted by Gasteiger charge is 2.31. The normalized spacial score (nSPS) is 16.6. The summed E-state index contributed by atoms with van der Waals surface area (Å²) in [5.41, 5.74) is 2.40. The molecule has 1 atom stereocenters. The van der Waals surface area contributed by atoms with Gasteiger partial charge in [-0.25, -0.2) is 0 Å². The SMILES string of the molecule is C#CCCNCc1cccc(N(C)C2CCC(=O)NC2=O)c1N(C)C=O. The lowest BCUT2D eigenvalue weighted by atomic mass is 10.0. The van der Waals surface area contributed by atoms with Gasteiger partial charge in [-0.3, -0.25) is 19.7 Å². The summed E-state index contributed by atoms with van der Waals surface area (Å²) >= 11 is 0. The van der Waals surface area contributed by atoms with Crippen molar-refractivity contribution in [2.45, 2.75) is 31.8 Å². The van der Waals surface area contributed by atoms with E-state index in [1.807, 2.05) is 23.1 Å². The maximum absolute atomic E-state index is 12.2. The van der Waals surface area contributed by atoms with Crippen LogP contribution in [-0.4, -0.2) is 44.9 Å². The molecule has 1 saturated heterocycles. The number of hydrogen-bond acceptors (Lipinski definition) is 5. The van der Waals surface area contributed by atoms with E-state index in [1.165, 1.54) is 4.90 Å². The molecule has 7 nitrogen and oxygen atoms in total. The summed E-state index contributed by atoms with van der Waals surface area (Å²) in [6, 6.07) is 5.22. The molecule has 1 aromatic rings. The number of amides is 3. The number of nitrogens with zero attached hydrogens (tertiary/aromatic N) is 2. The largest absolute Gasteiger partial charge is 0.361 e. The van der Waals surface area contributed by atoms with Gasteiger partial charge in [0.05, 0.1) is 11.4 Å². The fourth-order valence-electron chi connectivity index (χ4n) is 3.07. The van der Waals surface area contributed by atoms with Gasteiger partial charge in [0.25, 0.3) is 0 Å². The molecule has 3 amide bonds. The van der Waals surface area contributed by atoms with Crippen LogP contribution in [0.15, 0.2) is 18.2 Å². The van der Waals surface area contributed by atoms with Gasteiger partial charge in [-0.05, 0) is 18.1 Å². The Bertz CT molecular complexity index is 726. The van der Waals surface area contributed by atoms with Crippen molar-refractivity contribution in [3.63, 3.8) is 0 Å². The highest BCUT2D eigenvalue weighted by atomic mass is 16.2. The molecule has 7 heteroatoms. The number of carbonyl (C=O) groups excluding carboxylic acids is 3. The van der Waals surface area contributed by atoms with E-state index in [0.29, 0.717) is 32.4 Å². The van der Waals surface area contributed by atoms with Crippen molar-refractivity contribution >= 4 is 29.6 Å². The third-order valence-electron chi connectivity index (χ3n) is 4.43. The van der Waals surface area contributed by atoms with Gasteiger partial charge in [0, 0.05) is 40.0 Å². The molecule has 0 bridgehead atoms. The van der Waals surface area contributed by atoms with Gasteiger partial charge in [0.1, 0.15) is 6.04 Å². The van der Waals surface area contributed by atoms with E-state index in [-0.39, 0.29) is 11.8 Å². The Labute approximate surface area is 153 Å². The maximum Gasteiger partial charge on any atom is 0.249 e. The quantitative estimate of drug-likeness (QED) is 0.309. The molecule has 1 fully saturated rings. The van der Waals surface area contributed by atoms with Gasteiger partial charge in [0.2, 0.25) is 18.2 Å². The Morgan fingerprint density at radius 1 is 1.38 bits per heavy atom. The molecular formula is C19H24N4O3. The number of benzene rings is 1. The van der Waals surface area contributed by atoms with Crippen LogP contribution < -0.4 is 20.4 Å². The number of terminal acetylenes is 1. The molecular weight excluding hydrogens is 332 g/mol. The predicted molar refractivity (Wildman–Crippen MR) is 101 cm³/mol. The number of para-hydroxylation sites is 1. The van der Waals surface area contributed by atoms with Crippen molar-refractivity contribution in [1.82, 2.24) is 10.6 Å². The molecule has 138 valence electrons. The zero-order chi connectivity index (χ0) is 19.1. The number of piperidine rings is 1. The van der Waals surface area contributed by atoms with E-state index in [2.05, 4.69) is 16.6 Å². The fourth-order valence-corrected chi connectivity index (χ4v) is 3.07. The first-order chi connectivity index (χ1) is 12.5. The molecule has 0 saturated carbocycles. The van der Waals surface area contributed by atoms with E-state index >= 15 is 0 Å². The summed E-state index contributed by atoms with van der Waals surface area (Å²) < 4.78 is 0. The van der Waals surface area contributed by atoms with Crippen LogP contribution in [0.3, 0.4) is 0 Å². The van der Waals surface area contributed by atoms with Crippen LogP contribution in [0.1, 0.15) is 24.8 Å². The summed E-state index contributed by atoms with van der Waals surface area (Å²) in [5.74, 6) is 2.00. The minimum atomic E-state index is -0.462. The van der Waals surface area contributed by atoms with Crippen LogP contribution in [-0.2, 0) is 20.9 Å². The van der Waals surface area contributed by atoms with E-state index < -0.39 is 6.04 Å². The Kier molecular flexibility index (Phi) is 6.75. The Morgan fingerprint density at radius 2 is 2.15 bits per heavy atom. The molecule has 26 heavy (non-hydrogen) atoms. The number of carbonyl (C=O) groups is 3. The highest BCUT2D eigenvalue weighted by Crippen LogP contribution is 2.33. The lowest BCUT2D eigenvalue weighted by Gasteiger charge is -2.34. The number of imide groups is 1. The monoisotopic (exact) mass is 356 g/mol. The third kappa shape index (κ3) is 4.41. The average Bonchev–Trinajstić information content (AvgIpc) is 2.64. The molecule has 0 spiro atoms. The number of hydrogen-bond donors (Lipinski definition) is 2. The van der Waals surface area contributed by atoms with E-state index in [0.717, 1.165) is 23.3 Å². The molecule has 1 aliphatic heterocycles. The van der Waals surface area contributed by atoms with E-state index in [4.69, 9.17) is 6.42 Å². The molecule has 2 N–H and O–H groups in total. The van der Waals surface area contributed by atoms with Crippen molar-refractivity contribution in [3.8, 4) is 12.3 Å². The Morgan fingerprint density at radius 3 is 2.81 bits per heavy atom. The predicted octanol–water partition coefficient (Wildman–Crippen LogP) is 0.634. The van der Waals surface area contributed by atoms with Crippen LogP contribution >= 0.6 is 0 Å². The zero-order valence-electron chi connectivity index (χ0n) is 15.1. The fraction of sp³-hybridized carbons (Fsp3) is 0.421. The van der Waals surface area contributed by atoms with Crippen molar-refractivity contribution in [2.24, 2.45) is 0 Å². The van der Waals surface area contributed by atoms with Crippen molar-refractivity contribution in [1.29, 1.82) is 0 Å². The molecule has 1 unspecified atom stereocenters. The van der Waals surface area contributed by atoms with Gasteiger partial charge in [-0.2, -0.15) is 0 Å².